The minimum atomic E-state index is -2.62. The molecule has 1 aromatic heterocycles. The molecule has 0 saturated carbocycles. The number of aromatic amines is 1. The van der Waals surface area contributed by atoms with Gasteiger partial charge in [0.15, 0.2) is 0 Å². The number of benzene rings is 2. The molecule has 3 aromatic rings. The number of halogens is 2. The van der Waals surface area contributed by atoms with E-state index in [4.69, 9.17) is 0 Å². The number of carbonyl (C=O) groups excluding carboxylic acids is 2. The van der Waals surface area contributed by atoms with Crippen LogP contribution in [0.1, 0.15) is 32.7 Å². The maximum absolute atomic E-state index is 12.9. The molecule has 6 nitrogen and oxygen atoms in total. The number of alkyl halides is 2. The van der Waals surface area contributed by atoms with Gasteiger partial charge < -0.3 is 14.8 Å². The Labute approximate surface area is 159 Å². The molecule has 2 heterocycles. The minimum Gasteiger partial charge on any atom is -0.345 e. The smallest absolute Gasteiger partial charge is 0.263 e. The van der Waals surface area contributed by atoms with E-state index in [-0.39, 0.29) is 22.9 Å². The van der Waals surface area contributed by atoms with Crippen molar-refractivity contribution in [3.63, 3.8) is 0 Å². The third-order valence-corrected chi connectivity index (χ3v) is 4.91. The first-order valence-corrected chi connectivity index (χ1v) is 8.93. The maximum atomic E-state index is 12.9. The molecule has 1 N–H and O–H groups in total. The third kappa shape index (κ3) is 3.45. The van der Waals surface area contributed by atoms with Crippen molar-refractivity contribution >= 4 is 22.8 Å². The molecule has 1 saturated heterocycles. The number of aromatic nitrogens is 2. The minimum absolute atomic E-state index is 0.108. The number of carbonyl (C=O) groups is 2. The van der Waals surface area contributed by atoms with Gasteiger partial charge in [0.1, 0.15) is 0 Å². The number of H-pyrrole nitrogens is 1. The van der Waals surface area contributed by atoms with Gasteiger partial charge in [-0.25, -0.2) is 13.8 Å². The van der Waals surface area contributed by atoms with Gasteiger partial charge in [-0.3, -0.25) is 9.59 Å². The summed E-state index contributed by atoms with van der Waals surface area (Å²) < 4.78 is 25.7. The molecule has 144 valence electrons. The van der Waals surface area contributed by atoms with E-state index in [1.54, 1.807) is 34.3 Å². The summed E-state index contributed by atoms with van der Waals surface area (Å²) >= 11 is 0. The van der Waals surface area contributed by atoms with Crippen molar-refractivity contribution in [1.82, 2.24) is 19.8 Å². The molecule has 0 radical (unpaired) electrons. The summed E-state index contributed by atoms with van der Waals surface area (Å²) in [7, 11) is 0. The monoisotopic (exact) mass is 384 g/mol. The molecule has 0 aliphatic carbocycles. The van der Waals surface area contributed by atoms with E-state index in [2.05, 4.69) is 9.97 Å². The SMILES string of the molecule is O=C(c1cccc(C(F)F)c1)N1CCN(C(=O)c2ccc3nc[nH]c3c2)CC1. The van der Waals surface area contributed by atoms with Crippen LogP contribution in [0.5, 0.6) is 0 Å². The summed E-state index contributed by atoms with van der Waals surface area (Å²) in [6.07, 6.45) is -1.04. The number of hydrogen-bond donors (Lipinski definition) is 1. The van der Waals surface area contributed by atoms with Gasteiger partial charge in [-0.2, -0.15) is 0 Å². The lowest BCUT2D eigenvalue weighted by atomic mass is 10.1. The quantitative estimate of drug-likeness (QED) is 0.755. The lowest BCUT2D eigenvalue weighted by Crippen LogP contribution is -2.50. The van der Waals surface area contributed by atoms with Gasteiger partial charge in [0, 0.05) is 42.9 Å². The predicted octanol–water partition coefficient (Wildman–Crippen LogP) is 3.10. The molecule has 0 unspecified atom stereocenters. The molecular formula is C20H18F2N4O2. The topological polar surface area (TPSA) is 69.3 Å². The van der Waals surface area contributed by atoms with Crippen molar-refractivity contribution in [1.29, 1.82) is 0 Å². The van der Waals surface area contributed by atoms with E-state index in [1.807, 2.05) is 0 Å². The largest absolute Gasteiger partial charge is 0.345 e. The third-order valence-electron chi connectivity index (χ3n) is 4.91. The van der Waals surface area contributed by atoms with Gasteiger partial charge in [-0.05, 0) is 30.3 Å². The molecular weight excluding hydrogens is 366 g/mol. The number of rotatable bonds is 3. The first kappa shape index (κ1) is 18.1. The highest BCUT2D eigenvalue weighted by Gasteiger charge is 2.26. The van der Waals surface area contributed by atoms with Crippen molar-refractivity contribution in [3.05, 3.63) is 65.5 Å². The van der Waals surface area contributed by atoms with Crippen LogP contribution in [0, 0.1) is 0 Å². The highest BCUT2D eigenvalue weighted by molar-refractivity contribution is 5.98. The Morgan fingerprint density at radius 1 is 0.929 bits per heavy atom. The summed E-state index contributed by atoms with van der Waals surface area (Å²) in [6, 6.07) is 10.8. The Bertz CT molecular complexity index is 1030. The van der Waals surface area contributed by atoms with Gasteiger partial charge in [0.25, 0.3) is 18.2 Å². The summed E-state index contributed by atoms with van der Waals surface area (Å²) in [5.41, 5.74) is 2.20. The summed E-state index contributed by atoms with van der Waals surface area (Å²) in [5, 5.41) is 0. The zero-order valence-electron chi connectivity index (χ0n) is 14.9. The van der Waals surface area contributed by atoms with E-state index in [0.717, 1.165) is 11.0 Å². The van der Waals surface area contributed by atoms with E-state index >= 15 is 0 Å². The second-order valence-corrected chi connectivity index (χ2v) is 6.65. The van der Waals surface area contributed by atoms with Gasteiger partial charge in [0.05, 0.1) is 17.4 Å². The highest BCUT2D eigenvalue weighted by Crippen LogP contribution is 2.21. The molecule has 0 bridgehead atoms. The van der Waals surface area contributed by atoms with Crippen molar-refractivity contribution in [2.75, 3.05) is 26.2 Å². The van der Waals surface area contributed by atoms with E-state index < -0.39 is 6.43 Å². The number of imidazole rings is 1. The van der Waals surface area contributed by atoms with Crippen molar-refractivity contribution < 1.29 is 18.4 Å². The predicted molar refractivity (Wildman–Crippen MR) is 99.3 cm³/mol. The Hall–Kier alpha value is -3.29. The van der Waals surface area contributed by atoms with Gasteiger partial charge in [-0.15, -0.1) is 0 Å². The fraction of sp³-hybridized carbons (Fsp3) is 0.250. The van der Waals surface area contributed by atoms with E-state index in [1.165, 1.54) is 24.3 Å². The molecule has 8 heteroatoms. The molecule has 4 rings (SSSR count). The van der Waals surface area contributed by atoms with E-state index in [0.29, 0.717) is 31.7 Å². The maximum Gasteiger partial charge on any atom is 0.263 e. The molecule has 0 spiro atoms. The van der Waals surface area contributed by atoms with Crippen LogP contribution in [-0.4, -0.2) is 57.8 Å². The van der Waals surface area contributed by atoms with Crippen molar-refractivity contribution in [2.24, 2.45) is 0 Å². The van der Waals surface area contributed by atoms with Crippen LogP contribution in [-0.2, 0) is 0 Å². The number of fused-ring (bicyclic) bond motifs is 1. The molecule has 2 aromatic carbocycles. The second kappa shape index (κ2) is 7.38. The molecule has 1 aliphatic rings. The Balaban J connectivity index is 1.41. The number of amides is 2. The molecule has 0 atom stereocenters. The average molecular weight is 384 g/mol. The standard InChI is InChI=1S/C20H18F2N4O2/c21-18(22)13-2-1-3-14(10-13)19(27)25-6-8-26(9-7-25)20(28)15-4-5-16-17(11-15)24-12-23-16/h1-5,10-12,18H,6-9H2,(H,23,24). The van der Waals surface area contributed by atoms with Gasteiger partial charge in [-0.1, -0.05) is 12.1 Å². The van der Waals surface area contributed by atoms with Crippen molar-refractivity contribution in [3.8, 4) is 0 Å². The van der Waals surface area contributed by atoms with Crippen LogP contribution in [0.4, 0.5) is 8.78 Å². The Morgan fingerprint density at radius 3 is 2.21 bits per heavy atom. The fourth-order valence-corrected chi connectivity index (χ4v) is 3.35. The zero-order valence-corrected chi connectivity index (χ0v) is 14.9. The number of nitrogens with one attached hydrogen (secondary N) is 1. The van der Waals surface area contributed by atoms with Crippen LogP contribution >= 0.6 is 0 Å². The highest BCUT2D eigenvalue weighted by atomic mass is 19.3. The number of nitrogens with zero attached hydrogens (tertiary/aromatic N) is 3. The lowest BCUT2D eigenvalue weighted by molar-refractivity contribution is 0.0535. The zero-order chi connectivity index (χ0) is 19.7. The summed E-state index contributed by atoms with van der Waals surface area (Å²) in [4.78, 5) is 35.7. The normalized spacial score (nSPS) is 14.7. The molecule has 1 aliphatic heterocycles. The van der Waals surface area contributed by atoms with Crippen LogP contribution in [0.2, 0.25) is 0 Å². The Morgan fingerprint density at radius 2 is 1.57 bits per heavy atom. The van der Waals surface area contributed by atoms with Gasteiger partial charge in [0.2, 0.25) is 0 Å². The summed E-state index contributed by atoms with van der Waals surface area (Å²) in [6.45, 7) is 1.49. The van der Waals surface area contributed by atoms with Gasteiger partial charge >= 0.3 is 0 Å². The first-order valence-electron chi connectivity index (χ1n) is 8.93. The average Bonchev–Trinajstić information content (AvgIpc) is 3.20. The first-order chi connectivity index (χ1) is 13.5. The van der Waals surface area contributed by atoms with E-state index in [9.17, 15) is 18.4 Å². The van der Waals surface area contributed by atoms with Crippen LogP contribution < -0.4 is 0 Å². The molecule has 28 heavy (non-hydrogen) atoms. The summed E-state index contributed by atoms with van der Waals surface area (Å²) in [5.74, 6) is -0.406. The fourth-order valence-electron chi connectivity index (χ4n) is 3.35. The number of hydrogen-bond acceptors (Lipinski definition) is 3. The van der Waals surface area contributed by atoms with Crippen LogP contribution in [0.15, 0.2) is 48.8 Å². The lowest BCUT2D eigenvalue weighted by Gasteiger charge is -2.35. The number of piperazine rings is 1. The van der Waals surface area contributed by atoms with Crippen LogP contribution in [0.3, 0.4) is 0 Å². The second-order valence-electron chi connectivity index (χ2n) is 6.65. The Kier molecular flexibility index (Phi) is 4.77. The molecule has 2 amide bonds. The molecule has 1 fully saturated rings. The van der Waals surface area contributed by atoms with Crippen LogP contribution in [0.25, 0.3) is 11.0 Å². The van der Waals surface area contributed by atoms with Crippen molar-refractivity contribution in [2.45, 2.75) is 6.43 Å².